The highest BCUT2D eigenvalue weighted by Crippen LogP contribution is 2.55. The summed E-state index contributed by atoms with van der Waals surface area (Å²) in [5.74, 6) is 0. The highest BCUT2D eigenvalue weighted by atomic mass is 32.3. The lowest BCUT2D eigenvalue weighted by Gasteiger charge is -2.32. The Morgan fingerprint density at radius 2 is 0.729 bits per heavy atom. The third-order valence-electron chi connectivity index (χ3n) is 9.55. The first-order valence-corrected chi connectivity index (χ1v) is 23.3. The third-order valence-corrected chi connectivity index (χ3v) is 19.3. The van der Waals surface area contributed by atoms with Gasteiger partial charge in [-0.25, -0.2) is 16.8 Å². The molecule has 0 aliphatic carbocycles. The molecule has 0 bridgehead atoms. The zero-order valence-electron chi connectivity index (χ0n) is 30.2. The van der Waals surface area contributed by atoms with Gasteiger partial charge in [0.05, 0.1) is 32.0 Å². The standard InChI is InChI=1S/C39H25F12NO4S2Si/c1-59(2,3)52-57(53,54)34-30(22-12-24(36(40,41)42)18-25(13-22)37(43,44)45)16-20-8-4-6-10-28(20)32(34)33-29-11-7-5-9-21(29)17-31(35(33)58(52,55)56)23-14-26(38(46,47)48)19-27(15-23)39(49,50)51/h4-19H,1-3H3. The van der Waals surface area contributed by atoms with Gasteiger partial charge in [0.15, 0.2) is 8.24 Å². The molecule has 1 heterocycles. The van der Waals surface area contributed by atoms with Crippen LogP contribution in [0.5, 0.6) is 0 Å². The minimum absolute atomic E-state index is 0.0277. The summed E-state index contributed by atoms with van der Waals surface area (Å²) in [6, 6.07) is 13.4. The average Bonchev–Trinajstić information content (AvgIpc) is 3.17. The zero-order valence-corrected chi connectivity index (χ0v) is 32.8. The third kappa shape index (κ3) is 7.16. The van der Waals surface area contributed by atoms with E-state index in [9.17, 15) is 52.7 Å². The molecule has 0 atom stereocenters. The average molecular weight is 892 g/mol. The molecule has 0 radical (unpaired) electrons. The topological polar surface area (TPSA) is 71.5 Å². The van der Waals surface area contributed by atoms with Crippen molar-refractivity contribution in [2.24, 2.45) is 0 Å². The maximum atomic E-state index is 15.4. The molecular formula is C39H25F12NO4S2Si. The highest BCUT2D eigenvalue weighted by Gasteiger charge is 2.52. The lowest BCUT2D eigenvalue weighted by Crippen LogP contribution is -2.52. The Morgan fingerprint density at radius 3 is 1.00 bits per heavy atom. The minimum atomic E-state index is -5.67. The second kappa shape index (κ2) is 13.3. The van der Waals surface area contributed by atoms with Crippen molar-refractivity contribution >= 4 is 49.8 Å². The van der Waals surface area contributed by atoms with Gasteiger partial charge in [-0.2, -0.15) is 52.7 Å². The molecule has 1 aliphatic heterocycles. The summed E-state index contributed by atoms with van der Waals surface area (Å²) in [4.78, 5) is -2.12. The number of hydrogen-bond donors (Lipinski definition) is 0. The summed E-state index contributed by atoms with van der Waals surface area (Å²) < 4.78 is 233. The highest BCUT2D eigenvalue weighted by molar-refractivity contribution is 8.06. The normalized spacial score (nSPS) is 16.2. The lowest BCUT2D eigenvalue weighted by molar-refractivity contribution is -0.144. The van der Waals surface area contributed by atoms with E-state index in [1.165, 1.54) is 68.2 Å². The van der Waals surface area contributed by atoms with E-state index in [-0.39, 0.29) is 61.3 Å². The van der Waals surface area contributed by atoms with Crippen LogP contribution in [0.1, 0.15) is 22.3 Å². The first-order valence-electron chi connectivity index (χ1n) is 17.0. The van der Waals surface area contributed by atoms with Crippen molar-refractivity contribution < 1.29 is 69.5 Å². The van der Waals surface area contributed by atoms with Crippen molar-refractivity contribution in [2.45, 2.75) is 54.1 Å². The summed E-state index contributed by atoms with van der Waals surface area (Å²) in [7, 11) is -15.3. The number of halogens is 12. The van der Waals surface area contributed by atoms with Crippen molar-refractivity contribution in [3.63, 3.8) is 0 Å². The fourth-order valence-corrected chi connectivity index (χ4v) is 17.3. The number of alkyl halides is 12. The Labute approximate surface area is 328 Å². The van der Waals surface area contributed by atoms with Crippen LogP contribution in [0, 0.1) is 0 Å². The number of nitrogens with zero attached hydrogens (tertiary/aromatic N) is 1. The minimum Gasteiger partial charge on any atom is -0.207 e. The second-order valence-corrected chi connectivity index (χ2v) is 23.8. The van der Waals surface area contributed by atoms with Gasteiger partial charge >= 0.3 is 24.7 Å². The van der Waals surface area contributed by atoms with Crippen LogP contribution in [0.15, 0.2) is 107 Å². The second-order valence-electron chi connectivity index (χ2n) is 14.7. The van der Waals surface area contributed by atoms with Crippen LogP contribution < -0.4 is 0 Å². The Kier molecular flexibility index (Phi) is 9.51. The summed E-state index contributed by atoms with van der Waals surface area (Å²) in [6.45, 7) is 3.64. The molecule has 0 N–H and O–H groups in total. The molecule has 0 fully saturated rings. The molecule has 310 valence electrons. The van der Waals surface area contributed by atoms with Crippen LogP contribution in [0.3, 0.4) is 0 Å². The molecule has 5 nitrogen and oxygen atoms in total. The van der Waals surface area contributed by atoms with E-state index in [2.05, 4.69) is 0 Å². The maximum absolute atomic E-state index is 15.4. The molecule has 6 aromatic carbocycles. The number of sulfonamides is 2. The molecule has 0 spiro atoms. The molecule has 6 aromatic rings. The van der Waals surface area contributed by atoms with Crippen LogP contribution >= 0.6 is 0 Å². The van der Waals surface area contributed by atoms with Crippen LogP contribution in [-0.4, -0.2) is 28.4 Å². The maximum Gasteiger partial charge on any atom is 0.416 e. The molecule has 0 aromatic heterocycles. The van der Waals surface area contributed by atoms with E-state index in [1.54, 1.807) is 0 Å². The first-order chi connectivity index (χ1) is 26.9. The first kappa shape index (κ1) is 42.2. The van der Waals surface area contributed by atoms with Crippen LogP contribution in [0.25, 0.3) is 54.9 Å². The fraction of sp³-hybridized carbons (Fsp3) is 0.179. The summed E-state index contributed by atoms with van der Waals surface area (Å²) in [5.41, 5.74) is -12.0. The predicted molar refractivity (Wildman–Crippen MR) is 197 cm³/mol. The molecule has 1 aliphatic rings. The largest absolute Gasteiger partial charge is 0.416 e. The van der Waals surface area contributed by atoms with Gasteiger partial charge in [-0.05, 0) is 81.2 Å². The van der Waals surface area contributed by atoms with E-state index in [1.807, 2.05) is 0 Å². The van der Waals surface area contributed by atoms with Crippen LogP contribution in [-0.2, 0) is 44.8 Å². The number of benzene rings is 6. The molecule has 0 saturated heterocycles. The van der Waals surface area contributed by atoms with Gasteiger partial charge in [-0.15, -0.1) is 3.38 Å². The fourth-order valence-electron chi connectivity index (χ4n) is 7.36. The van der Waals surface area contributed by atoms with Crippen molar-refractivity contribution in [3.05, 3.63) is 119 Å². The SMILES string of the molecule is C[Si](C)(C)N1S(=O)(=O)c2c(-c3cc(C(F)(F)F)cc(C(F)(F)F)c3)cc3ccccc3c2-c2c(c(-c3cc(C(F)(F)F)cc(C(F)(F)F)c3)cc3ccccc23)S1(=O)=O. The molecule has 7 rings (SSSR count). The smallest absolute Gasteiger partial charge is 0.207 e. The number of hydrogen-bond acceptors (Lipinski definition) is 4. The summed E-state index contributed by atoms with van der Waals surface area (Å²) >= 11 is 0. The molecule has 59 heavy (non-hydrogen) atoms. The molecular weight excluding hydrogens is 867 g/mol. The number of rotatable bonds is 3. The quantitative estimate of drug-likeness (QED) is 0.131. The van der Waals surface area contributed by atoms with Crippen molar-refractivity contribution in [1.82, 2.24) is 3.38 Å². The Hall–Kier alpha value is -4.92. The van der Waals surface area contributed by atoms with Gasteiger partial charge in [0.2, 0.25) is 0 Å². The van der Waals surface area contributed by atoms with Gasteiger partial charge in [0.1, 0.15) is 0 Å². The Balaban J connectivity index is 1.81. The molecule has 0 unspecified atom stereocenters. The van der Waals surface area contributed by atoms with Crippen molar-refractivity contribution in [1.29, 1.82) is 0 Å². The van der Waals surface area contributed by atoms with E-state index in [4.69, 9.17) is 0 Å². The number of fused-ring (bicyclic) bond motifs is 7. The summed E-state index contributed by atoms with van der Waals surface area (Å²) in [6.07, 6.45) is -21.6. The van der Waals surface area contributed by atoms with E-state index >= 15 is 16.8 Å². The van der Waals surface area contributed by atoms with Gasteiger partial charge in [0.25, 0.3) is 20.0 Å². The lowest BCUT2D eigenvalue weighted by atomic mass is 9.87. The van der Waals surface area contributed by atoms with Crippen LogP contribution in [0.2, 0.25) is 19.6 Å². The molecule has 0 saturated carbocycles. The van der Waals surface area contributed by atoms with Gasteiger partial charge < -0.3 is 0 Å². The monoisotopic (exact) mass is 891 g/mol. The van der Waals surface area contributed by atoms with Crippen LogP contribution in [0.4, 0.5) is 52.7 Å². The predicted octanol–water partition coefficient (Wildman–Crippen LogP) is 12.6. The van der Waals surface area contributed by atoms with E-state index in [0.717, 1.165) is 12.1 Å². The van der Waals surface area contributed by atoms with Crippen molar-refractivity contribution in [3.8, 4) is 33.4 Å². The van der Waals surface area contributed by atoms with E-state index < -0.39 is 118 Å². The van der Waals surface area contributed by atoms with Crippen molar-refractivity contribution in [2.75, 3.05) is 0 Å². The molecule has 0 amide bonds. The van der Waals surface area contributed by atoms with Gasteiger partial charge in [-0.1, -0.05) is 68.2 Å². The van der Waals surface area contributed by atoms with Gasteiger partial charge in [0, 0.05) is 22.3 Å². The Morgan fingerprint density at radius 1 is 0.441 bits per heavy atom. The zero-order chi connectivity index (χ0) is 43.6. The summed E-state index contributed by atoms with van der Waals surface area (Å²) in [5, 5.41) is -0.289. The Bertz CT molecular complexity index is 2710. The molecule has 20 heteroatoms. The van der Waals surface area contributed by atoms with Gasteiger partial charge in [-0.3, -0.25) is 0 Å². The van der Waals surface area contributed by atoms with E-state index in [0.29, 0.717) is 0 Å².